The number of aromatic nitrogens is 1. The highest BCUT2D eigenvalue weighted by molar-refractivity contribution is 7.80. The van der Waals surface area contributed by atoms with Crippen LogP contribution in [0, 0.1) is 0 Å². The number of nitrogens with zero attached hydrogens (tertiary/aromatic N) is 2. The van der Waals surface area contributed by atoms with Crippen LogP contribution in [0.5, 0.6) is 0 Å². The van der Waals surface area contributed by atoms with E-state index in [-0.39, 0.29) is 0 Å². The molecule has 0 aromatic carbocycles. The third kappa shape index (κ3) is 3.05. The molecular weight excluding hydrogens is 262 g/mol. The molecule has 18 heavy (non-hydrogen) atoms. The zero-order valence-electron chi connectivity index (χ0n) is 10.2. The van der Waals surface area contributed by atoms with Crippen LogP contribution in [-0.4, -0.2) is 16.5 Å². The van der Waals surface area contributed by atoms with E-state index in [1.165, 1.54) is 4.88 Å². The van der Waals surface area contributed by atoms with Crippen molar-refractivity contribution in [3.8, 4) is 0 Å². The topological polar surface area (TPSA) is 42.1 Å². The Kier molecular flexibility index (Phi) is 4.28. The molecule has 2 aromatic rings. The maximum atomic E-state index is 5.54. The van der Waals surface area contributed by atoms with Crippen molar-refractivity contribution in [2.45, 2.75) is 13.5 Å². The van der Waals surface area contributed by atoms with Gasteiger partial charge in [-0.15, -0.1) is 11.3 Å². The van der Waals surface area contributed by atoms with E-state index in [0.717, 1.165) is 18.8 Å². The van der Waals surface area contributed by atoms with Crippen LogP contribution >= 0.6 is 23.6 Å². The number of pyridine rings is 1. The molecule has 2 rings (SSSR count). The van der Waals surface area contributed by atoms with Crippen LogP contribution in [0.1, 0.15) is 17.5 Å². The van der Waals surface area contributed by atoms with Crippen molar-refractivity contribution in [3.05, 3.63) is 46.4 Å². The molecule has 0 spiro atoms. The van der Waals surface area contributed by atoms with Crippen LogP contribution in [0.25, 0.3) is 0 Å². The van der Waals surface area contributed by atoms with Gasteiger partial charge in [0.1, 0.15) is 4.99 Å². The molecule has 0 aliphatic rings. The van der Waals surface area contributed by atoms with Crippen LogP contribution in [-0.2, 0) is 6.54 Å². The predicted molar refractivity (Wildman–Crippen MR) is 81.2 cm³/mol. The molecule has 2 heterocycles. The van der Waals surface area contributed by atoms with Crippen molar-refractivity contribution >= 4 is 34.2 Å². The lowest BCUT2D eigenvalue weighted by atomic mass is 10.3. The highest BCUT2D eigenvalue weighted by atomic mass is 32.1. The van der Waals surface area contributed by atoms with Crippen molar-refractivity contribution in [2.75, 3.05) is 11.4 Å². The summed E-state index contributed by atoms with van der Waals surface area (Å²) < 4.78 is 0. The maximum absolute atomic E-state index is 5.54. The Bertz CT molecular complexity index is 506. The first-order valence-electron chi connectivity index (χ1n) is 5.74. The standard InChI is InChI=1S/C13H15N3S2/c1-2-16(9-11-4-3-7-18-11)10-5-6-12(13(14)17)15-8-10/h3-8H,2,9H2,1H3,(H2,14,17). The quantitative estimate of drug-likeness (QED) is 0.853. The van der Waals surface area contributed by atoms with Gasteiger partial charge in [0.25, 0.3) is 0 Å². The zero-order chi connectivity index (χ0) is 13.0. The Hall–Kier alpha value is -1.46. The summed E-state index contributed by atoms with van der Waals surface area (Å²) in [5, 5.41) is 2.09. The van der Waals surface area contributed by atoms with Crippen LogP contribution in [0.2, 0.25) is 0 Å². The first-order valence-corrected chi connectivity index (χ1v) is 7.02. The summed E-state index contributed by atoms with van der Waals surface area (Å²) >= 11 is 6.66. The molecule has 2 aromatic heterocycles. The lowest BCUT2D eigenvalue weighted by molar-refractivity contribution is 0.839. The molecule has 0 unspecified atom stereocenters. The normalized spacial score (nSPS) is 10.3. The van der Waals surface area contributed by atoms with Crippen molar-refractivity contribution in [1.82, 2.24) is 4.98 Å². The minimum absolute atomic E-state index is 0.336. The number of rotatable bonds is 5. The van der Waals surface area contributed by atoms with E-state index in [4.69, 9.17) is 18.0 Å². The molecule has 0 aliphatic carbocycles. The molecule has 0 amide bonds. The number of anilines is 1. The molecule has 3 nitrogen and oxygen atoms in total. The van der Waals surface area contributed by atoms with Crippen molar-refractivity contribution in [2.24, 2.45) is 5.73 Å². The summed E-state index contributed by atoms with van der Waals surface area (Å²) in [6, 6.07) is 8.10. The Morgan fingerprint density at radius 2 is 2.28 bits per heavy atom. The molecular formula is C13H15N3S2. The van der Waals surface area contributed by atoms with E-state index in [1.54, 1.807) is 11.3 Å². The summed E-state index contributed by atoms with van der Waals surface area (Å²) in [6.07, 6.45) is 1.82. The van der Waals surface area contributed by atoms with Crippen molar-refractivity contribution < 1.29 is 0 Å². The molecule has 0 fully saturated rings. The third-order valence-electron chi connectivity index (χ3n) is 2.67. The van der Waals surface area contributed by atoms with E-state index in [1.807, 2.05) is 18.3 Å². The van der Waals surface area contributed by atoms with Gasteiger partial charge in [0, 0.05) is 11.4 Å². The van der Waals surface area contributed by atoms with E-state index in [0.29, 0.717) is 10.7 Å². The summed E-state index contributed by atoms with van der Waals surface area (Å²) in [4.78, 5) is 8.22. The van der Waals surface area contributed by atoms with Crippen LogP contribution in [0.4, 0.5) is 5.69 Å². The van der Waals surface area contributed by atoms with Crippen LogP contribution in [0.15, 0.2) is 35.8 Å². The van der Waals surface area contributed by atoms with E-state index >= 15 is 0 Å². The predicted octanol–water partition coefficient (Wildman–Crippen LogP) is 2.80. The fraction of sp³-hybridized carbons (Fsp3) is 0.231. The SMILES string of the molecule is CCN(Cc1cccs1)c1ccc(C(N)=S)nc1. The largest absolute Gasteiger partial charge is 0.388 e. The summed E-state index contributed by atoms with van der Waals surface area (Å²) in [6.45, 7) is 3.98. The molecule has 0 aliphatic heterocycles. The number of hydrogen-bond acceptors (Lipinski definition) is 4. The molecule has 0 saturated carbocycles. The monoisotopic (exact) mass is 277 g/mol. The Labute approximate surface area is 116 Å². The lowest BCUT2D eigenvalue weighted by Crippen LogP contribution is -2.22. The summed E-state index contributed by atoms with van der Waals surface area (Å²) in [5.74, 6) is 0. The second-order valence-corrected chi connectivity index (χ2v) is 5.33. The fourth-order valence-electron chi connectivity index (χ4n) is 1.70. The van der Waals surface area contributed by atoms with Gasteiger partial charge in [0.15, 0.2) is 0 Å². The fourth-order valence-corrected chi connectivity index (χ4v) is 2.54. The Morgan fingerprint density at radius 1 is 1.44 bits per heavy atom. The molecule has 0 bridgehead atoms. The molecule has 0 atom stereocenters. The van der Waals surface area contributed by atoms with Gasteiger partial charge in [-0.2, -0.15) is 0 Å². The smallest absolute Gasteiger partial charge is 0.122 e. The minimum atomic E-state index is 0.336. The highest BCUT2D eigenvalue weighted by Gasteiger charge is 2.07. The molecule has 2 N–H and O–H groups in total. The average Bonchev–Trinajstić information content (AvgIpc) is 2.89. The number of hydrogen-bond donors (Lipinski definition) is 1. The number of thiophene rings is 1. The highest BCUT2D eigenvalue weighted by Crippen LogP contribution is 2.18. The zero-order valence-corrected chi connectivity index (χ0v) is 11.8. The number of nitrogens with two attached hydrogens (primary N) is 1. The molecule has 0 radical (unpaired) electrons. The summed E-state index contributed by atoms with van der Waals surface area (Å²) in [5.41, 5.74) is 7.30. The average molecular weight is 277 g/mol. The van der Waals surface area contributed by atoms with E-state index in [2.05, 4.69) is 34.3 Å². The van der Waals surface area contributed by atoms with Gasteiger partial charge >= 0.3 is 0 Å². The summed E-state index contributed by atoms with van der Waals surface area (Å²) in [7, 11) is 0. The van der Waals surface area contributed by atoms with Gasteiger partial charge in [-0.25, -0.2) is 0 Å². The van der Waals surface area contributed by atoms with Crippen molar-refractivity contribution in [3.63, 3.8) is 0 Å². The van der Waals surface area contributed by atoms with Crippen LogP contribution < -0.4 is 10.6 Å². The van der Waals surface area contributed by atoms with Gasteiger partial charge in [-0.1, -0.05) is 18.3 Å². The molecule has 5 heteroatoms. The Morgan fingerprint density at radius 3 is 2.78 bits per heavy atom. The van der Waals surface area contributed by atoms with Gasteiger partial charge in [-0.3, -0.25) is 4.98 Å². The minimum Gasteiger partial charge on any atom is -0.388 e. The van der Waals surface area contributed by atoms with Gasteiger partial charge in [0.05, 0.1) is 24.1 Å². The Balaban J connectivity index is 2.14. The third-order valence-corrected chi connectivity index (χ3v) is 3.74. The van der Waals surface area contributed by atoms with E-state index in [9.17, 15) is 0 Å². The van der Waals surface area contributed by atoms with Gasteiger partial charge in [0.2, 0.25) is 0 Å². The first-order chi connectivity index (χ1) is 8.70. The van der Waals surface area contributed by atoms with Crippen LogP contribution in [0.3, 0.4) is 0 Å². The molecule has 0 saturated heterocycles. The van der Waals surface area contributed by atoms with Crippen molar-refractivity contribution in [1.29, 1.82) is 0 Å². The second kappa shape index (κ2) is 5.93. The second-order valence-electron chi connectivity index (χ2n) is 3.86. The lowest BCUT2D eigenvalue weighted by Gasteiger charge is -2.22. The van der Waals surface area contributed by atoms with Gasteiger partial charge in [-0.05, 0) is 30.5 Å². The molecule has 94 valence electrons. The maximum Gasteiger partial charge on any atom is 0.122 e. The number of thiocarbonyl (C=S) groups is 1. The van der Waals surface area contributed by atoms with E-state index < -0.39 is 0 Å². The first kappa shape index (κ1) is 13.0. The van der Waals surface area contributed by atoms with Gasteiger partial charge < -0.3 is 10.6 Å².